The largest absolute Gasteiger partial charge is 0.352 e. The molecule has 1 saturated carbocycles. The number of carbonyl (C=O) groups is 1. The summed E-state index contributed by atoms with van der Waals surface area (Å²) in [6.07, 6.45) is 5.83. The zero-order valence-corrected chi connectivity index (χ0v) is 11.8. The van der Waals surface area contributed by atoms with Gasteiger partial charge in [0.1, 0.15) is 11.3 Å². The van der Waals surface area contributed by atoms with E-state index >= 15 is 0 Å². The van der Waals surface area contributed by atoms with Gasteiger partial charge in [0.05, 0.1) is 4.92 Å². The number of nitro groups is 1. The maximum atomic E-state index is 12.2. The molecule has 2 rings (SSSR count). The Morgan fingerprint density at radius 2 is 2.05 bits per heavy atom. The van der Waals surface area contributed by atoms with Gasteiger partial charge in [-0.25, -0.2) is 0 Å². The molecule has 0 radical (unpaired) electrons. The number of hydrazine groups is 1. The molecule has 21 heavy (non-hydrogen) atoms. The molecule has 1 aliphatic carbocycles. The lowest BCUT2D eigenvalue weighted by Crippen LogP contribution is -2.30. The van der Waals surface area contributed by atoms with E-state index in [2.05, 4.69) is 10.7 Å². The summed E-state index contributed by atoms with van der Waals surface area (Å²) in [7, 11) is 0. The standard InChI is InChI=1S/C14H20N4O3/c15-17-12-8-4-7-11(13(12)18(20)21)14(19)16-9-10-5-2-1-3-6-10/h4,7-8,10,17H,1-3,5-6,9,15H2,(H,16,19). The molecule has 0 aliphatic heterocycles. The second-order valence-electron chi connectivity index (χ2n) is 5.32. The normalized spacial score (nSPS) is 15.5. The second-order valence-corrected chi connectivity index (χ2v) is 5.32. The Morgan fingerprint density at radius 1 is 1.33 bits per heavy atom. The van der Waals surface area contributed by atoms with Crippen molar-refractivity contribution < 1.29 is 9.72 Å². The minimum absolute atomic E-state index is 0.0336. The average molecular weight is 292 g/mol. The Bertz CT molecular complexity index is 527. The third-order valence-electron chi connectivity index (χ3n) is 3.89. The molecule has 7 heteroatoms. The molecule has 0 heterocycles. The topological polar surface area (TPSA) is 110 Å². The van der Waals surface area contributed by atoms with E-state index in [0.717, 1.165) is 12.8 Å². The monoisotopic (exact) mass is 292 g/mol. The van der Waals surface area contributed by atoms with Crippen LogP contribution in [0.15, 0.2) is 18.2 Å². The fourth-order valence-electron chi connectivity index (χ4n) is 2.76. The third-order valence-corrected chi connectivity index (χ3v) is 3.89. The first-order valence-corrected chi connectivity index (χ1v) is 7.15. The van der Waals surface area contributed by atoms with Crippen LogP contribution in [0.3, 0.4) is 0 Å². The molecule has 0 bridgehead atoms. The predicted octanol–water partition coefficient (Wildman–Crippen LogP) is 2.19. The van der Waals surface area contributed by atoms with Gasteiger partial charge < -0.3 is 10.7 Å². The van der Waals surface area contributed by atoms with E-state index in [9.17, 15) is 14.9 Å². The van der Waals surface area contributed by atoms with Gasteiger partial charge in [-0.05, 0) is 30.9 Å². The van der Waals surface area contributed by atoms with Crippen LogP contribution in [0.5, 0.6) is 0 Å². The van der Waals surface area contributed by atoms with Gasteiger partial charge in [-0.2, -0.15) is 0 Å². The molecule has 1 aromatic carbocycles. The molecule has 7 nitrogen and oxygen atoms in total. The van der Waals surface area contributed by atoms with Gasteiger partial charge in [0.2, 0.25) is 0 Å². The first kappa shape index (κ1) is 15.2. The molecular formula is C14H20N4O3. The Balaban J connectivity index is 2.09. The Morgan fingerprint density at radius 3 is 2.67 bits per heavy atom. The smallest absolute Gasteiger partial charge is 0.306 e. The van der Waals surface area contributed by atoms with Crippen molar-refractivity contribution in [3.63, 3.8) is 0 Å². The minimum Gasteiger partial charge on any atom is -0.352 e. The molecular weight excluding hydrogens is 272 g/mol. The Hall–Kier alpha value is -2.15. The van der Waals surface area contributed by atoms with Crippen LogP contribution >= 0.6 is 0 Å². The highest BCUT2D eigenvalue weighted by Crippen LogP contribution is 2.28. The molecule has 1 amide bonds. The summed E-state index contributed by atoms with van der Waals surface area (Å²) in [5.74, 6) is 5.31. The first-order chi connectivity index (χ1) is 10.1. The number of para-hydroxylation sites is 1. The van der Waals surface area contributed by atoms with Crippen LogP contribution in [-0.4, -0.2) is 17.4 Å². The van der Waals surface area contributed by atoms with Crippen LogP contribution in [0, 0.1) is 16.0 Å². The van der Waals surface area contributed by atoms with E-state index in [0.29, 0.717) is 12.5 Å². The van der Waals surface area contributed by atoms with Crippen LogP contribution in [0.2, 0.25) is 0 Å². The lowest BCUT2D eigenvalue weighted by Gasteiger charge is -2.21. The summed E-state index contributed by atoms with van der Waals surface area (Å²) >= 11 is 0. The van der Waals surface area contributed by atoms with E-state index in [1.165, 1.54) is 31.4 Å². The van der Waals surface area contributed by atoms with Crippen molar-refractivity contribution in [2.75, 3.05) is 12.0 Å². The number of benzene rings is 1. The third kappa shape index (κ3) is 3.69. The Kier molecular flexibility index (Phi) is 5.10. The molecule has 0 saturated heterocycles. The molecule has 114 valence electrons. The van der Waals surface area contributed by atoms with Crippen LogP contribution in [0.1, 0.15) is 42.5 Å². The number of rotatable bonds is 5. The Labute approximate surface area is 123 Å². The highest BCUT2D eigenvalue weighted by molar-refractivity contribution is 6.00. The number of hydrogen-bond acceptors (Lipinski definition) is 5. The SMILES string of the molecule is NNc1cccc(C(=O)NCC2CCCCC2)c1[N+](=O)[O-]. The van der Waals surface area contributed by atoms with Crippen molar-refractivity contribution in [1.82, 2.24) is 5.32 Å². The molecule has 0 unspecified atom stereocenters. The number of nitrogen functional groups attached to an aromatic ring is 1. The van der Waals surface area contributed by atoms with E-state index in [1.807, 2.05) is 0 Å². The first-order valence-electron chi connectivity index (χ1n) is 7.15. The summed E-state index contributed by atoms with van der Waals surface area (Å²) in [6, 6.07) is 4.48. The molecule has 0 atom stereocenters. The number of nitrogens with one attached hydrogen (secondary N) is 2. The molecule has 1 fully saturated rings. The summed E-state index contributed by atoms with van der Waals surface area (Å²) < 4.78 is 0. The molecule has 1 aliphatic rings. The van der Waals surface area contributed by atoms with E-state index in [1.54, 1.807) is 6.07 Å². The molecule has 0 spiro atoms. The van der Waals surface area contributed by atoms with Crippen molar-refractivity contribution in [3.05, 3.63) is 33.9 Å². The number of carbonyl (C=O) groups excluding carboxylic acids is 1. The second kappa shape index (κ2) is 7.03. The average Bonchev–Trinajstić information content (AvgIpc) is 2.52. The van der Waals surface area contributed by atoms with Crippen molar-refractivity contribution in [2.45, 2.75) is 32.1 Å². The van der Waals surface area contributed by atoms with Crippen LogP contribution in [-0.2, 0) is 0 Å². The van der Waals surface area contributed by atoms with Gasteiger partial charge >= 0.3 is 5.69 Å². The molecule has 0 aromatic heterocycles. The van der Waals surface area contributed by atoms with E-state index in [-0.39, 0.29) is 16.9 Å². The number of nitro benzene ring substituents is 1. The number of nitrogens with zero attached hydrogens (tertiary/aromatic N) is 1. The highest BCUT2D eigenvalue weighted by Gasteiger charge is 2.24. The summed E-state index contributed by atoms with van der Waals surface area (Å²) in [4.78, 5) is 22.7. The lowest BCUT2D eigenvalue weighted by atomic mass is 9.89. The van der Waals surface area contributed by atoms with Gasteiger partial charge in [-0.15, -0.1) is 0 Å². The number of hydrogen-bond donors (Lipinski definition) is 3. The fraction of sp³-hybridized carbons (Fsp3) is 0.500. The van der Waals surface area contributed by atoms with Crippen LogP contribution in [0.25, 0.3) is 0 Å². The van der Waals surface area contributed by atoms with Gasteiger partial charge in [-0.3, -0.25) is 20.8 Å². The van der Waals surface area contributed by atoms with Crippen molar-refractivity contribution in [1.29, 1.82) is 0 Å². The fourth-order valence-corrected chi connectivity index (χ4v) is 2.76. The molecule has 1 aromatic rings. The van der Waals surface area contributed by atoms with Gasteiger partial charge in [0.15, 0.2) is 0 Å². The van der Waals surface area contributed by atoms with Crippen LogP contribution in [0.4, 0.5) is 11.4 Å². The van der Waals surface area contributed by atoms with Crippen LogP contribution < -0.4 is 16.6 Å². The van der Waals surface area contributed by atoms with Crippen molar-refractivity contribution in [2.24, 2.45) is 11.8 Å². The maximum Gasteiger partial charge on any atom is 0.306 e. The number of nitrogens with two attached hydrogens (primary N) is 1. The maximum absolute atomic E-state index is 12.2. The van der Waals surface area contributed by atoms with Gasteiger partial charge in [0.25, 0.3) is 5.91 Å². The van der Waals surface area contributed by atoms with E-state index in [4.69, 9.17) is 5.84 Å². The number of anilines is 1. The van der Waals surface area contributed by atoms with Gasteiger partial charge in [0, 0.05) is 6.54 Å². The summed E-state index contributed by atoms with van der Waals surface area (Å²) in [5, 5.41) is 13.9. The quantitative estimate of drug-likeness (QED) is 0.437. The molecule has 4 N–H and O–H groups in total. The summed E-state index contributed by atoms with van der Waals surface area (Å²) in [6.45, 7) is 0.566. The number of amides is 1. The zero-order valence-electron chi connectivity index (χ0n) is 11.8. The highest BCUT2D eigenvalue weighted by atomic mass is 16.6. The van der Waals surface area contributed by atoms with Crippen molar-refractivity contribution in [3.8, 4) is 0 Å². The van der Waals surface area contributed by atoms with Gasteiger partial charge in [-0.1, -0.05) is 25.3 Å². The summed E-state index contributed by atoms with van der Waals surface area (Å²) in [5.41, 5.74) is 2.13. The minimum atomic E-state index is -0.593. The van der Waals surface area contributed by atoms with Crippen molar-refractivity contribution >= 4 is 17.3 Å². The lowest BCUT2D eigenvalue weighted by molar-refractivity contribution is -0.384. The zero-order chi connectivity index (χ0) is 15.2. The van der Waals surface area contributed by atoms with E-state index < -0.39 is 10.8 Å². The predicted molar refractivity (Wildman–Crippen MR) is 79.8 cm³/mol.